The molecule has 1 amide bonds. The predicted octanol–water partition coefficient (Wildman–Crippen LogP) is 4.03. The van der Waals surface area contributed by atoms with Crippen LogP contribution < -0.4 is 5.32 Å². The lowest BCUT2D eigenvalue weighted by atomic mass is 10.1. The molecular formula is C17H15BrN4OS2. The molecule has 1 aliphatic rings. The molecule has 5 nitrogen and oxygen atoms in total. The summed E-state index contributed by atoms with van der Waals surface area (Å²) in [5, 5.41) is 14.6. The van der Waals surface area contributed by atoms with E-state index in [1.54, 1.807) is 11.3 Å². The summed E-state index contributed by atoms with van der Waals surface area (Å²) in [4.78, 5) is 15.9. The van der Waals surface area contributed by atoms with Crippen LogP contribution >= 0.6 is 38.6 Å². The minimum atomic E-state index is -0.0443. The Morgan fingerprint density at radius 3 is 2.92 bits per heavy atom. The average molecular weight is 435 g/mol. The van der Waals surface area contributed by atoms with Crippen LogP contribution in [0.5, 0.6) is 0 Å². The van der Waals surface area contributed by atoms with Crippen molar-refractivity contribution in [1.82, 2.24) is 15.1 Å². The van der Waals surface area contributed by atoms with E-state index in [-0.39, 0.29) is 5.91 Å². The van der Waals surface area contributed by atoms with Gasteiger partial charge in [-0.05, 0) is 35.6 Å². The van der Waals surface area contributed by atoms with Crippen molar-refractivity contribution in [2.75, 3.05) is 18.4 Å². The fourth-order valence-electron chi connectivity index (χ4n) is 2.79. The first-order valence-electron chi connectivity index (χ1n) is 7.84. The number of fused-ring (bicyclic) bond motifs is 1. The van der Waals surface area contributed by atoms with E-state index in [2.05, 4.69) is 47.8 Å². The zero-order valence-electron chi connectivity index (χ0n) is 13.2. The quantitative estimate of drug-likeness (QED) is 0.673. The summed E-state index contributed by atoms with van der Waals surface area (Å²) in [5.41, 5.74) is 2.33. The SMILES string of the molecule is O=C(CN1CCc2sccc2C1)Nc1nnc(-c2ccc(Br)cc2)s1. The van der Waals surface area contributed by atoms with Gasteiger partial charge in [-0.25, -0.2) is 0 Å². The highest BCUT2D eigenvalue weighted by molar-refractivity contribution is 9.10. The van der Waals surface area contributed by atoms with Crippen LogP contribution in [0.15, 0.2) is 40.2 Å². The van der Waals surface area contributed by atoms with E-state index >= 15 is 0 Å². The molecule has 2 aromatic heterocycles. The van der Waals surface area contributed by atoms with Crippen molar-refractivity contribution >= 4 is 49.6 Å². The van der Waals surface area contributed by atoms with Gasteiger partial charge in [0, 0.05) is 28.0 Å². The van der Waals surface area contributed by atoms with Gasteiger partial charge in [0.2, 0.25) is 11.0 Å². The number of anilines is 1. The van der Waals surface area contributed by atoms with Crippen LogP contribution in [-0.4, -0.2) is 34.1 Å². The molecular weight excluding hydrogens is 420 g/mol. The molecule has 0 spiro atoms. The topological polar surface area (TPSA) is 58.1 Å². The number of nitrogens with one attached hydrogen (secondary N) is 1. The number of hydrogen-bond donors (Lipinski definition) is 1. The summed E-state index contributed by atoms with van der Waals surface area (Å²) in [6.07, 6.45) is 1.02. The molecule has 0 saturated heterocycles. The third-order valence-corrected chi connectivity index (χ3v) is 6.46. The molecule has 1 aliphatic heterocycles. The Labute approximate surface area is 161 Å². The Morgan fingerprint density at radius 1 is 1.24 bits per heavy atom. The number of nitrogens with zero attached hydrogens (tertiary/aromatic N) is 3. The van der Waals surface area contributed by atoms with Gasteiger partial charge in [0.05, 0.1) is 6.54 Å². The van der Waals surface area contributed by atoms with Gasteiger partial charge >= 0.3 is 0 Å². The van der Waals surface area contributed by atoms with E-state index in [4.69, 9.17) is 0 Å². The van der Waals surface area contributed by atoms with E-state index < -0.39 is 0 Å². The fraction of sp³-hybridized carbons (Fsp3) is 0.235. The highest BCUT2D eigenvalue weighted by Gasteiger charge is 2.20. The molecule has 0 unspecified atom stereocenters. The molecule has 0 bridgehead atoms. The molecule has 3 aromatic rings. The maximum Gasteiger partial charge on any atom is 0.240 e. The van der Waals surface area contributed by atoms with Crippen LogP contribution in [-0.2, 0) is 17.8 Å². The Balaban J connectivity index is 1.36. The van der Waals surface area contributed by atoms with Crippen molar-refractivity contribution in [3.63, 3.8) is 0 Å². The van der Waals surface area contributed by atoms with Gasteiger partial charge in [0.1, 0.15) is 5.01 Å². The number of hydrogen-bond acceptors (Lipinski definition) is 6. The van der Waals surface area contributed by atoms with Crippen LogP contribution in [0.4, 0.5) is 5.13 Å². The number of aromatic nitrogens is 2. The number of amides is 1. The fourth-order valence-corrected chi connectivity index (χ4v) is 4.71. The predicted molar refractivity (Wildman–Crippen MR) is 105 cm³/mol. The van der Waals surface area contributed by atoms with Crippen LogP contribution in [0.2, 0.25) is 0 Å². The summed E-state index contributed by atoms with van der Waals surface area (Å²) in [7, 11) is 0. The van der Waals surface area contributed by atoms with E-state index in [0.29, 0.717) is 11.7 Å². The Hall–Kier alpha value is -1.61. The third-order valence-electron chi connectivity index (χ3n) is 4.02. The molecule has 1 N–H and O–H groups in total. The van der Waals surface area contributed by atoms with Gasteiger partial charge in [-0.3, -0.25) is 15.0 Å². The maximum absolute atomic E-state index is 12.3. The summed E-state index contributed by atoms with van der Waals surface area (Å²) in [6, 6.07) is 10.0. The van der Waals surface area contributed by atoms with E-state index in [9.17, 15) is 4.79 Å². The number of halogens is 1. The molecule has 0 atom stereocenters. The van der Waals surface area contributed by atoms with Gasteiger partial charge in [-0.2, -0.15) is 0 Å². The molecule has 0 radical (unpaired) electrons. The zero-order valence-corrected chi connectivity index (χ0v) is 16.5. The van der Waals surface area contributed by atoms with Gasteiger partial charge in [0.25, 0.3) is 0 Å². The van der Waals surface area contributed by atoms with Crippen LogP contribution in [0.1, 0.15) is 10.4 Å². The highest BCUT2D eigenvalue weighted by Crippen LogP contribution is 2.27. The van der Waals surface area contributed by atoms with Crippen LogP contribution in [0.3, 0.4) is 0 Å². The molecule has 4 rings (SSSR count). The van der Waals surface area contributed by atoms with Crippen molar-refractivity contribution in [2.45, 2.75) is 13.0 Å². The molecule has 0 fully saturated rings. The first-order valence-corrected chi connectivity index (χ1v) is 10.3. The van der Waals surface area contributed by atoms with Crippen molar-refractivity contribution in [2.24, 2.45) is 0 Å². The van der Waals surface area contributed by atoms with E-state index in [1.807, 2.05) is 24.3 Å². The second kappa shape index (κ2) is 7.33. The van der Waals surface area contributed by atoms with Gasteiger partial charge < -0.3 is 0 Å². The third kappa shape index (κ3) is 3.98. The summed E-state index contributed by atoms with van der Waals surface area (Å²) < 4.78 is 1.02. The van der Waals surface area contributed by atoms with E-state index in [1.165, 1.54) is 21.8 Å². The Bertz CT molecular complexity index is 890. The molecule has 25 heavy (non-hydrogen) atoms. The summed E-state index contributed by atoms with van der Waals surface area (Å²) in [5.74, 6) is -0.0443. The van der Waals surface area contributed by atoms with Gasteiger partial charge in [-0.1, -0.05) is 39.4 Å². The monoisotopic (exact) mass is 434 g/mol. The minimum Gasteiger partial charge on any atom is -0.299 e. The largest absolute Gasteiger partial charge is 0.299 e. The Kier molecular flexibility index (Phi) is 4.93. The minimum absolute atomic E-state index is 0.0443. The lowest BCUT2D eigenvalue weighted by Crippen LogP contribution is -2.36. The molecule has 0 aliphatic carbocycles. The summed E-state index contributed by atoms with van der Waals surface area (Å²) >= 11 is 6.61. The lowest BCUT2D eigenvalue weighted by molar-refractivity contribution is -0.117. The lowest BCUT2D eigenvalue weighted by Gasteiger charge is -2.25. The second-order valence-electron chi connectivity index (χ2n) is 5.80. The number of benzene rings is 1. The van der Waals surface area contributed by atoms with Gasteiger partial charge in [0.15, 0.2) is 0 Å². The first kappa shape index (κ1) is 16.8. The Morgan fingerprint density at radius 2 is 2.08 bits per heavy atom. The highest BCUT2D eigenvalue weighted by atomic mass is 79.9. The first-order chi connectivity index (χ1) is 12.2. The van der Waals surface area contributed by atoms with Crippen molar-refractivity contribution in [3.05, 3.63) is 50.6 Å². The number of carbonyl (C=O) groups is 1. The second-order valence-corrected chi connectivity index (χ2v) is 8.69. The smallest absolute Gasteiger partial charge is 0.240 e. The van der Waals surface area contributed by atoms with E-state index in [0.717, 1.165) is 34.6 Å². The van der Waals surface area contributed by atoms with Crippen LogP contribution in [0.25, 0.3) is 10.6 Å². The maximum atomic E-state index is 12.3. The number of rotatable bonds is 4. The van der Waals surface area contributed by atoms with Crippen molar-refractivity contribution in [1.29, 1.82) is 0 Å². The average Bonchev–Trinajstić information content (AvgIpc) is 3.24. The van der Waals surface area contributed by atoms with Crippen molar-refractivity contribution in [3.8, 4) is 10.6 Å². The molecule has 128 valence electrons. The van der Waals surface area contributed by atoms with Gasteiger partial charge in [-0.15, -0.1) is 21.5 Å². The number of carbonyl (C=O) groups excluding carboxylic acids is 1. The zero-order chi connectivity index (χ0) is 17.2. The van der Waals surface area contributed by atoms with Crippen LogP contribution in [0, 0.1) is 0 Å². The molecule has 8 heteroatoms. The molecule has 0 saturated carbocycles. The molecule has 1 aromatic carbocycles. The standard InChI is InChI=1S/C17H15BrN4OS2/c18-13-3-1-11(2-4-13)16-20-21-17(25-16)19-15(23)10-22-7-5-14-12(9-22)6-8-24-14/h1-4,6,8H,5,7,9-10H2,(H,19,21,23). The number of thiophene rings is 1. The summed E-state index contributed by atoms with van der Waals surface area (Å²) in [6.45, 7) is 2.14. The van der Waals surface area contributed by atoms with Crippen molar-refractivity contribution < 1.29 is 4.79 Å². The molecule has 3 heterocycles. The normalized spacial score (nSPS) is 14.3.